The number of hydrogen-bond acceptors (Lipinski definition) is 5. The van der Waals surface area contributed by atoms with Crippen molar-refractivity contribution in [3.05, 3.63) is 49.2 Å². The Balaban J connectivity index is 1.38. The van der Waals surface area contributed by atoms with Gasteiger partial charge in [0.1, 0.15) is 11.9 Å². The van der Waals surface area contributed by atoms with Crippen molar-refractivity contribution in [1.82, 2.24) is 9.29 Å². The molecule has 1 saturated heterocycles. The second-order valence-corrected chi connectivity index (χ2v) is 9.76. The lowest BCUT2D eigenvalue weighted by Gasteiger charge is -2.31. The lowest BCUT2D eigenvalue weighted by Crippen LogP contribution is -2.43. The summed E-state index contributed by atoms with van der Waals surface area (Å²) < 4.78 is 38.1. The molecule has 5 rings (SSSR count). The van der Waals surface area contributed by atoms with Crippen LogP contribution in [0.1, 0.15) is 25.7 Å². The van der Waals surface area contributed by atoms with E-state index in [1.165, 1.54) is 0 Å². The molecule has 1 aromatic carbocycles. The highest BCUT2D eigenvalue weighted by Crippen LogP contribution is 2.35. The van der Waals surface area contributed by atoms with E-state index in [1.807, 2.05) is 24.4 Å². The minimum atomic E-state index is -3.10. The van der Waals surface area contributed by atoms with Crippen molar-refractivity contribution in [3.8, 4) is 16.9 Å². The van der Waals surface area contributed by atoms with Crippen LogP contribution >= 0.6 is 0 Å². The first-order valence-corrected chi connectivity index (χ1v) is 11.2. The molecule has 0 unspecified atom stereocenters. The minimum Gasteiger partial charge on any atom is -0.490 e. The monoisotopic (exact) mass is 398 g/mol. The molecule has 0 bridgehead atoms. The standard InChI is InChI=1S/C21H22N2O4S/c24-28(25,19-1-2-19)23-8-4-18(5-9-23)27-21-12-17(16-6-10-26-14-16)11-15-3-7-22-13-20(15)21/h3,6-7,10-14,18-19H,1-2,4-5,8-9H2. The van der Waals surface area contributed by atoms with Crippen LogP contribution in [0.2, 0.25) is 0 Å². The highest BCUT2D eigenvalue weighted by Gasteiger charge is 2.41. The molecule has 1 saturated carbocycles. The molecule has 0 spiro atoms. The predicted molar refractivity (Wildman–Crippen MR) is 107 cm³/mol. The maximum Gasteiger partial charge on any atom is 0.216 e. The molecule has 7 heteroatoms. The minimum absolute atomic E-state index is 0.00587. The van der Waals surface area contributed by atoms with Gasteiger partial charge in [-0.1, -0.05) is 0 Å². The summed E-state index contributed by atoms with van der Waals surface area (Å²) in [6.45, 7) is 1.06. The van der Waals surface area contributed by atoms with Gasteiger partial charge in [0.2, 0.25) is 10.0 Å². The Morgan fingerprint density at radius 1 is 1.07 bits per heavy atom. The summed E-state index contributed by atoms with van der Waals surface area (Å²) in [6, 6.07) is 8.01. The molecule has 2 aliphatic rings. The fraction of sp³-hybridized carbons (Fsp3) is 0.381. The van der Waals surface area contributed by atoms with E-state index in [1.54, 1.807) is 23.0 Å². The van der Waals surface area contributed by atoms with Crippen molar-refractivity contribution in [1.29, 1.82) is 0 Å². The van der Waals surface area contributed by atoms with E-state index in [0.717, 1.165) is 40.5 Å². The fourth-order valence-electron chi connectivity index (χ4n) is 3.82. The number of sulfonamides is 1. The topological polar surface area (TPSA) is 72.6 Å². The molecule has 1 aliphatic heterocycles. The summed E-state index contributed by atoms with van der Waals surface area (Å²) in [6.07, 6.45) is 9.96. The Bertz CT molecular complexity index is 1080. The third-order valence-corrected chi connectivity index (χ3v) is 7.97. The predicted octanol–water partition coefficient (Wildman–Crippen LogP) is 3.83. The van der Waals surface area contributed by atoms with E-state index in [2.05, 4.69) is 11.1 Å². The molecule has 2 aromatic heterocycles. The molecule has 6 nitrogen and oxygen atoms in total. The van der Waals surface area contributed by atoms with Crippen molar-refractivity contribution in [3.63, 3.8) is 0 Å². The highest BCUT2D eigenvalue weighted by molar-refractivity contribution is 7.90. The lowest BCUT2D eigenvalue weighted by atomic mass is 10.0. The number of piperidine rings is 1. The van der Waals surface area contributed by atoms with E-state index in [4.69, 9.17) is 9.15 Å². The van der Waals surface area contributed by atoms with Crippen LogP contribution in [0.4, 0.5) is 0 Å². The van der Waals surface area contributed by atoms with Crippen LogP contribution in [-0.4, -0.2) is 42.2 Å². The molecule has 0 atom stereocenters. The van der Waals surface area contributed by atoms with Crippen LogP contribution in [0.25, 0.3) is 21.9 Å². The number of pyridine rings is 1. The Morgan fingerprint density at radius 2 is 1.89 bits per heavy atom. The van der Waals surface area contributed by atoms with Crippen LogP contribution in [0, 0.1) is 0 Å². The first-order valence-electron chi connectivity index (χ1n) is 9.67. The summed E-state index contributed by atoms with van der Waals surface area (Å²) in [4.78, 5) is 4.24. The van der Waals surface area contributed by atoms with Crippen molar-refractivity contribution in [2.75, 3.05) is 13.1 Å². The summed E-state index contributed by atoms with van der Waals surface area (Å²) >= 11 is 0. The Hall–Kier alpha value is -2.38. The normalized spacial score (nSPS) is 19.1. The molecule has 146 valence electrons. The number of ether oxygens (including phenoxy) is 1. The maximum atomic E-state index is 12.4. The van der Waals surface area contributed by atoms with Crippen molar-refractivity contribution < 1.29 is 17.6 Å². The lowest BCUT2D eigenvalue weighted by molar-refractivity contribution is 0.137. The molecule has 1 aliphatic carbocycles. The van der Waals surface area contributed by atoms with Gasteiger partial charge >= 0.3 is 0 Å². The average molecular weight is 398 g/mol. The smallest absolute Gasteiger partial charge is 0.216 e. The zero-order valence-corrected chi connectivity index (χ0v) is 16.3. The van der Waals surface area contributed by atoms with Gasteiger partial charge in [0, 0.05) is 36.4 Å². The van der Waals surface area contributed by atoms with Crippen molar-refractivity contribution >= 4 is 20.8 Å². The molecule has 3 aromatic rings. The van der Waals surface area contributed by atoms with Gasteiger partial charge in [-0.2, -0.15) is 0 Å². The summed E-state index contributed by atoms with van der Waals surface area (Å²) in [5.41, 5.74) is 2.02. The summed E-state index contributed by atoms with van der Waals surface area (Å²) in [7, 11) is -3.10. The van der Waals surface area contributed by atoms with Gasteiger partial charge in [-0.25, -0.2) is 12.7 Å². The van der Waals surface area contributed by atoms with Crippen LogP contribution in [0.3, 0.4) is 0 Å². The highest BCUT2D eigenvalue weighted by atomic mass is 32.2. The number of furan rings is 1. The van der Waals surface area contributed by atoms with Gasteiger partial charge in [-0.3, -0.25) is 4.98 Å². The molecule has 28 heavy (non-hydrogen) atoms. The first-order chi connectivity index (χ1) is 13.6. The van der Waals surface area contributed by atoms with E-state index < -0.39 is 10.0 Å². The van der Waals surface area contributed by atoms with Crippen molar-refractivity contribution in [2.24, 2.45) is 0 Å². The largest absolute Gasteiger partial charge is 0.490 e. The Morgan fingerprint density at radius 3 is 2.61 bits per heavy atom. The van der Waals surface area contributed by atoms with Gasteiger partial charge in [0.15, 0.2) is 0 Å². The van der Waals surface area contributed by atoms with E-state index in [-0.39, 0.29) is 11.4 Å². The molecule has 0 amide bonds. The first kappa shape index (κ1) is 17.7. The second-order valence-electron chi connectivity index (χ2n) is 7.54. The third kappa shape index (κ3) is 3.29. The second kappa shape index (κ2) is 6.90. The van der Waals surface area contributed by atoms with Crippen LogP contribution in [-0.2, 0) is 10.0 Å². The molecule has 3 heterocycles. The zero-order chi connectivity index (χ0) is 19.1. The van der Waals surface area contributed by atoms with Crippen LogP contribution in [0.5, 0.6) is 5.75 Å². The number of benzene rings is 1. The SMILES string of the molecule is O=S(=O)(C1CC1)N1CCC(Oc2cc(-c3ccoc3)cc3ccncc23)CC1. The van der Waals surface area contributed by atoms with Gasteiger partial charge in [-0.15, -0.1) is 0 Å². The molecule has 2 fully saturated rings. The zero-order valence-electron chi connectivity index (χ0n) is 15.5. The van der Waals surface area contributed by atoms with Gasteiger partial charge in [-0.05, 0) is 60.9 Å². The Labute approximate surface area is 164 Å². The van der Waals surface area contributed by atoms with Gasteiger partial charge in [0.05, 0.1) is 17.8 Å². The third-order valence-electron chi connectivity index (χ3n) is 5.57. The van der Waals surface area contributed by atoms with E-state index >= 15 is 0 Å². The molecule has 0 radical (unpaired) electrons. The molecule has 0 N–H and O–H groups in total. The van der Waals surface area contributed by atoms with Crippen LogP contribution in [0.15, 0.2) is 53.6 Å². The number of rotatable bonds is 5. The number of hydrogen-bond donors (Lipinski definition) is 0. The summed E-state index contributed by atoms with van der Waals surface area (Å²) in [5.74, 6) is 0.783. The van der Waals surface area contributed by atoms with Gasteiger partial charge < -0.3 is 9.15 Å². The van der Waals surface area contributed by atoms with E-state index in [0.29, 0.717) is 25.9 Å². The number of aromatic nitrogens is 1. The average Bonchev–Trinajstić information content (AvgIpc) is 3.44. The fourth-order valence-corrected chi connectivity index (χ4v) is 5.69. The van der Waals surface area contributed by atoms with Crippen molar-refractivity contribution in [2.45, 2.75) is 37.0 Å². The maximum absolute atomic E-state index is 12.4. The van der Waals surface area contributed by atoms with Gasteiger partial charge in [0.25, 0.3) is 0 Å². The molecular weight excluding hydrogens is 376 g/mol. The quantitative estimate of drug-likeness (QED) is 0.653. The molecular formula is C21H22N2O4S. The Kier molecular flexibility index (Phi) is 4.36. The number of nitrogens with zero attached hydrogens (tertiary/aromatic N) is 2. The number of fused-ring (bicyclic) bond motifs is 1. The van der Waals surface area contributed by atoms with E-state index in [9.17, 15) is 8.42 Å². The van der Waals surface area contributed by atoms with Crippen LogP contribution < -0.4 is 4.74 Å². The summed E-state index contributed by atoms with van der Waals surface area (Å²) in [5, 5.41) is 1.87.